The number of rotatable bonds is 14. The van der Waals surface area contributed by atoms with E-state index in [1.807, 2.05) is 64.1 Å². The molecule has 1 N–H and O–H groups in total. The van der Waals surface area contributed by atoms with Crippen LogP contribution in [0.3, 0.4) is 0 Å². The van der Waals surface area contributed by atoms with Crippen LogP contribution < -0.4 is 19.1 Å². The minimum Gasteiger partial charge on any atom is -0.493 e. The molecule has 0 fully saturated rings. The number of halogens is 2. The number of nitrogens with zero attached hydrogens (tertiary/aromatic N) is 2. The van der Waals surface area contributed by atoms with E-state index in [-0.39, 0.29) is 35.3 Å². The third-order valence-corrected chi connectivity index (χ3v) is 10.1. The fraction of sp³-hybridized carbons (Fsp3) is 0.297. The summed E-state index contributed by atoms with van der Waals surface area (Å²) >= 11 is 12.8. The molecule has 2 amide bonds. The summed E-state index contributed by atoms with van der Waals surface area (Å²) in [7, 11) is -1.51. The van der Waals surface area contributed by atoms with Crippen LogP contribution in [-0.4, -0.2) is 58.0 Å². The van der Waals surface area contributed by atoms with Gasteiger partial charge in [-0.05, 0) is 86.3 Å². The van der Waals surface area contributed by atoms with Gasteiger partial charge in [-0.15, -0.1) is 0 Å². The molecule has 12 heteroatoms. The lowest BCUT2D eigenvalue weighted by Crippen LogP contribution is -2.54. The van der Waals surface area contributed by atoms with Crippen molar-refractivity contribution in [1.29, 1.82) is 0 Å². The Balaban J connectivity index is 1.87. The molecule has 0 unspecified atom stereocenters. The summed E-state index contributed by atoms with van der Waals surface area (Å²) in [6.07, 6.45) is 0.169. The van der Waals surface area contributed by atoms with Crippen LogP contribution in [0.15, 0.2) is 89.8 Å². The van der Waals surface area contributed by atoms with Gasteiger partial charge in [0.1, 0.15) is 12.6 Å². The molecule has 0 aliphatic heterocycles. The van der Waals surface area contributed by atoms with Crippen LogP contribution in [-0.2, 0) is 32.6 Å². The van der Waals surface area contributed by atoms with Crippen LogP contribution in [0.4, 0.5) is 5.69 Å². The molecule has 0 bridgehead atoms. The quantitative estimate of drug-likeness (QED) is 0.150. The number of methoxy groups -OCH3 is 2. The van der Waals surface area contributed by atoms with Crippen LogP contribution in [0.2, 0.25) is 10.0 Å². The normalized spacial score (nSPS) is 11.9. The predicted octanol–water partition coefficient (Wildman–Crippen LogP) is 6.99. The highest BCUT2D eigenvalue weighted by atomic mass is 35.5. The van der Waals surface area contributed by atoms with Crippen LogP contribution in [0, 0.1) is 13.8 Å². The van der Waals surface area contributed by atoms with Crippen molar-refractivity contribution in [2.45, 2.75) is 57.6 Å². The number of hydrogen-bond donors (Lipinski definition) is 1. The summed E-state index contributed by atoms with van der Waals surface area (Å²) in [5, 5.41) is 3.66. The fourth-order valence-corrected chi connectivity index (χ4v) is 7.38. The summed E-state index contributed by atoms with van der Waals surface area (Å²) in [5.41, 5.74) is 3.25. The van der Waals surface area contributed by atoms with Crippen LogP contribution in [0.25, 0.3) is 0 Å². The lowest BCUT2D eigenvalue weighted by molar-refractivity contribution is -0.140. The minimum atomic E-state index is -4.38. The van der Waals surface area contributed by atoms with E-state index < -0.39 is 34.4 Å². The van der Waals surface area contributed by atoms with Crippen LogP contribution >= 0.6 is 23.2 Å². The second kappa shape index (κ2) is 16.4. The van der Waals surface area contributed by atoms with Crippen molar-refractivity contribution >= 4 is 50.7 Å². The fourth-order valence-electron chi connectivity index (χ4n) is 5.50. The minimum absolute atomic E-state index is 0.0884. The van der Waals surface area contributed by atoms with Gasteiger partial charge < -0.3 is 19.7 Å². The maximum absolute atomic E-state index is 14.7. The van der Waals surface area contributed by atoms with Crippen molar-refractivity contribution in [3.05, 3.63) is 117 Å². The van der Waals surface area contributed by atoms with Gasteiger partial charge in [0.15, 0.2) is 11.5 Å². The van der Waals surface area contributed by atoms with Gasteiger partial charge in [0.25, 0.3) is 10.0 Å². The largest absolute Gasteiger partial charge is 0.493 e. The Morgan fingerprint density at radius 2 is 1.49 bits per heavy atom. The topological polar surface area (TPSA) is 105 Å². The lowest BCUT2D eigenvalue weighted by Gasteiger charge is -2.34. The summed E-state index contributed by atoms with van der Waals surface area (Å²) in [6, 6.07) is 22.5. The van der Waals surface area contributed by atoms with Crippen molar-refractivity contribution < 1.29 is 27.5 Å². The van der Waals surface area contributed by atoms with Crippen LogP contribution in [0.1, 0.15) is 36.1 Å². The molecular formula is C37H41Cl2N3O6S. The second-order valence-electron chi connectivity index (χ2n) is 12.0. The number of amides is 2. The van der Waals surface area contributed by atoms with Crippen molar-refractivity contribution in [1.82, 2.24) is 10.2 Å². The Bertz CT molecular complexity index is 1880. The van der Waals surface area contributed by atoms with E-state index in [1.165, 1.54) is 37.3 Å². The molecule has 0 aliphatic rings. The number of ether oxygens (including phenoxy) is 2. The van der Waals surface area contributed by atoms with Crippen LogP contribution in [0.5, 0.6) is 11.5 Å². The van der Waals surface area contributed by atoms with Gasteiger partial charge in [0.2, 0.25) is 11.8 Å². The first-order valence-electron chi connectivity index (χ1n) is 15.6. The third-order valence-electron chi connectivity index (χ3n) is 7.77. The highest BCUT2D eigenvalue weighted by Crippen LogP contribution is 2.33. The van der Waals surface area contributed by atoms with Gasteiger partial charge >= 0.3 is 0 Å². The molecule has 0 spiro atoms. The number of anilines is 1. The monoisotopic (exact) mass is 725 g/mol. The van der Waals surface area contributed by atoms with E-state index in [9.17, 15) is 18.0 Å². The van der Waals surface area contributed by atoms with E-state index in [4.69, 9.17) is 32.7 Å². The Hall–Kier alpha value is -4.25. The molecular weight excluding hydrogens is 685 g/mol. The van der Waals surface area contributed by atoms with Crippen molar-refractivity contribution in [3.63, 3.8) is 0 Å². The Kier molecular flexibility index (Phi) is 12.6. The highest BCUT2D eigenvalue weighted by molar-refractivity contribution is 7.92. The number of benzene rings is 4. The lowest BCUT2D eigenvalue weighted by atomic mass is 10.0. The molecule has 4 rings (SSSR count). The second-order valence-corrected chi connectivity index (χ2v) is 14.7. The van der Waals surface area contributed by atoms with Crippen molar-refractivity contribution in [2.24, 2.45) is 0 Å². The molecule has 4 aromatic rings. The molecule has 0 saturated heterocycles. The third kappa shape index (κ3) is 9.47. The van der Waals surface area contributed by atoms with Gasteiger partial charge in [-0.3, -0.25) is 13.9 Å². The number of carbonyl (C=O) groups excluding carboxylic acids is 2. The molecule has 0 heterocycles. The zero-order valence-electron chi connectivity index (χ0n) is 28.4. The summed E-state index contributed by atoms with van der Waals surface area (Å²) in [5.74, 6) is -0.448. The first-order valence-corrected chi connectivity index (χ1v) is 17.8. The van der Waals surface area contributed by atoms with E-state index in [1.54, 1.807) is 30.3 Å². The average Bonchev–Trinajstić information content (AvgIpc) is 3.05. The number of sulfonamides is 1. The first-order chi connectivity index (χ1) is 23.2. The molecule has 1 atom stereocenters. The molecule has 0 aliphatic carbocycles. The van der Waals surface area contributed by atoms with Crippen molar-refractivity contribution in [2.75, 3.05) is 25.1 Å². The molecule has 0 radical (unpaired) electrons. The van der Waals surface area contributed by atoms with E-state index in [0.717, 1.165) is 21.0 Å². The predicted molar refractivity (Wildman–Crippen MR) is 194 cm³/mol. The standard InChI is InChI=1S/C37H41Cl2N3O6S/c1-24(2)40-37(44)33(19-27-10-8-7-9-11-27)41(22-28-12-13-29(38)20-32(28)39)36(43)23-42(30-17-25(3)16-26(4)18-30)49(45,46)31-14-15-34(47-5)35(21-31)48-6/h7-18,20-21,24,33H,19,22-23H2,1-6H3,(H,40,44)/t33-/m1/s1. The van der Waals surface area contributed by atoms with Gasteiger partial charge in [-0.2, -0.15) is 0 Å². The zero-order valence-corrected chi connectivity index (χ0v) is 30.7. The van der Waals surface area contributed by atoms with Gasteiger partial charge in [0.05, 0.1) is 24.8 Å². The van der Waals surface area contributed by atoms with E-state index in [2.05, 4.69) is 5.32 Å². The summed E-state index contributed by atoms with van der Waals surface area (Å²) < 4.78 is 40.8. The first kappa shape index (κ1) is 37.6. The molecule has 49 heavy (non-hydrogen) atoms. The highest BCUT2D eigenvalue weighted by Gasteiger charge is 2.35. The average molecular weight is 727 g/mol. The number of nitrogens with one attached hydrogen (secondary N) is 1. The molecule has 260 valence electrons. The Morgan fingerprint density at radius 3 is 2.08 bits per heavy atom. The SMILES string of the molecule is COc1ccc(S(=O)(=O)N(CC(=O)N(Cc2ccc(Cl)cc2Cl)[C@H](Cc2ccccc2)C(=O)NC(C)C)c2cc(C)cc(C)c2)cc1OC. The van der Waals surface area contributed by atoms with E-state index >= 15 is 0 Å². The number of aryl methyl sites for hydroxylation is 2. The molecule has 4 aromatic carbocycles. The molecule has 9 nitrogen and oxygen atoms in total. The maximum atomic E-state index is 14.7. The summed E-state index contributed by atoms with van der Waals surface area (Å²) in [4.78, 5) is 29.9. The Morgan fingerprint density at radius 1 is 0.837 bits per heavy atom. The zero-order chi connectivity index (χ0) is 35.9. The number of carbonyl (C=O) groups is 2. The molecule has 0 saturated carbocycles. The maximum Gasteiger partial charge on any atom is 0.264 e. The van der Waals surface area contributed by atoms with Gasteiger partial charge in [0, 0.05) is 35.1 Å². The van der Waals surface area contributed by atoms with Gasteiger partial charge in [-0.25, -0.2) is 8.42 Å². The number of hydrogen-bond acceptors (Lipinski definition) is 6. The molecule has 0 aromatic heterocycles. The smallest absolute Gasteiger partial charge is 0.264 e. The van der Waals surface area contributed by atoms with E-state index in [0.29, 0.717) is 21.4 Å². The van der Waals surface area contributed by atoms with Gasteiger partial charge in [-0.1, -0.05) is 65.7 Å². The van der Waals surface area contributed by atoms with Crippen molar-refractivity contribution in [3.8, 4) is 11.5 Å². The summed E-state index contributed by atoms with van der Waals surface area (Å²) in [6.45, 7) is 6.65. The Labute approximate surface area is 298 Å².